The summed E-state index contributed by atoms with van der Waals surface area (Å²) in [6.07, 6.45) is -0.515. The molecule has 4 N–H and O–H groups in total. The molecule has 0 bridgehead atoms. The lowest BCUT2D eigenvalue weighted by Crippen LogP contribution is -2.41. The molecule has 0 aromatic heterocycles. The summed E-state index contributed by atoms with van der Waals surface area (Å²) in [5, 5.41) is 17.9. The SMILES string of the molecule is CC(=O)Nc1ccc(S(=O)(=O)N(C)CC(=O)NCC2CNCC2O)cc1.Cl. The summed E-state index contributed by atoms with van der Waals surface area (Å²) >= 11 is 0. The van der Waals surface area contributed by atoms with Crippen molar-refractivity contribution in [2.75, 3.05) is 38.5 Å². The van der Waals surface area contributed by atoms with Gasteiger partial charge in [0.15, 0.2) is 0 Å². The molecular weight excluding hydrogens is 396 g/mol. The zero-order chi connectivity index (χ0) is 19.3. The van der Waals surface area contributed by atoms with Crippen molar-refractivity contribution < 1.29 is 23.1 Å². The topological polar surface area (TPSA) is 128 Å². The number of carbonyl (C=O) groups is 2. The van der Waals surface area contributed by atoms with Crippen LogP contribution in [0.15, 0.2) is 29.2 Å². The molecule has 1 fully saturated rings. The Hall–Kier alpha value is -1.72. The number of benzene rings is 1. The van der Waals surface area contributed by atoms with E-state index in [4.69, 9.17) is 0 Å². The molecule has 9 nitrogen and oxygen atoms in total. The van der Waals surface area contributed by atoms with Gasteiger partial charge in [-0.05, 0) is 24.3 Å². The lowest BCUT2D eigenvalue weighted by molar-refractivity contribution is -0.121. The van der Waals surface area contributed by atoms with Crippen molar-refractivity contribution in [3.63, 3.8) is 0 Å². The zero-order valence-corrected chi connectivity index (χ0v) is 16.8. The van der Waals surface area contributed by atoms with Gasteiger partial charge in [0.1, 0.15) is 0 Å². The molecule has 11 heteroatoms. The van der Waals surface area contributed by atoms with E-state index in [9.17, 15) is 23.1 Å². The maximum atomic E-state index is 12.5. The number of nitrogens with zero attached hydrogens (tertiary/aromatic N) is 1. The Bertz CT molecular complexity index is 757. The van der Waals surface area contributed by atoms with Gasteiger partial charge < -0.3 is 21.1 Å². The maximum Gasteiger partial charge on any atom is 0.243 e. The fourth-order valence-corrected chi connectivity index (χ4v) is 3.74. The van der Waals surface area contributed by atoms with E-state index < -0.39 is 22.0 Å². The maximum absolute atomic E-state index is 12.5. The molecule has 2 unspecified atom stereocenters. The van der Waals surface area contributed by atoms with Crippen LogP contribution < -0.4 is 16.0 Å². The molecule has 1 aliphatic rings. The van der Waals surface area contributed by atoms with Gasteiger partial charge in [0, 0.05) is 45.2 Å². The van der Waals surface area contributed by atoms with Gasteiger partial charge in [-0.3, -0.25) is 9.59 Å². The van der Waals surface area contributed by atoms with Gasteiger partial charge in [0.05, 0.1) is 17.5 Å². The smallest absolute Gasteiger partial charge is 0.243 e. The van der Waals surface area contributed by atoms with Crippen LogP contribution in [0.2, 0.25) is 0 Å². The number of nitrogens with one attached hydrogen (secondary N) is 3. The van der Waals surface area contributed by atoms with E-state index in [0.29, 0.717) is 18.8 Å². The van der Waals surface area contributed by atoms with E-state index in [1.165, 1.54) is 38.2 Å². The van der Waals surface area contributed by atoms with Crippen LogP contribution in [-0.4, -0.2) is 69.0 Å². The molecule has 2 rings (SSSR count). The number of hydrogen-bond donors (Lipinski definition) is 4. The van der Waals surface area contributed by atoms with Gasteiger partial charge in [0.2, 0.25) is 21.8 Å². The fraction of sp³-hybridized carbons (Fsp3) is 0.500. The standard InChI is InChI=1S/C16H24N4O5S.ClH/c1-11(21)19-13-3-5-14(6-4-13)26(24,25)20(2)10-16(23)18-8-12-7-17-9-15(12)22;/h3-6,12,15,17,22H,7-10H2,1-2H3,(H,18,23)(H,19,21);1H. The largest absolute Gasteiger partial charge is 0.391 e. The van der Waals surface area contributed by atoms with Gasteiger partial charge >= 0.3 is 0 Å². The minimum atomic E-state index is -3.83. The second-order valence-electron chi connectivity index (χ2n) is 6.26. The van der Waals surface area contributed by atoms with Crippen LogP contribution in [-0.2, 0) is 19.6 Å². The molecule has 152 valence electrons. The third-order valence-electron chi connectivity index (χ3n) is 4.11. The number of sulfonamides is 1. The molecule has 27 heavy (non-hydrogen) atoms. The second-order valence-corrected chi connectivity index (χ2v) is 8.30. The number of amides is 2. The van der Waals surface area contributed by atoms with E-state index in [1.807, 2.05) is 0 Å². The highest BCUT2D eigenvalue weighted by molar-refractivity contribution is 7.89. The van der Waals surface area contributed by atoms with Gasteiger partial charge in [-0.2, -0.15) is 4.31 Å². The zero-order valence-electron chi connectivity index (χ0n) is 15.1. The number of carbonyl (C=O) groups excluding carboxylic acids is 2. The molecule has 1 aromatic rings. The number of likely N-dealkylation sites (N-methyl/N-ethyl adjacent to an activating group) is 1. The van der Waals surface area contributed by atoms with Crippen LogP contribution >= 0.6 is 12.4 Å². The minimum absolute atomic E-state index is 0. The predicted molar refractivity (Wildman–Crippen MR) is 103 cm³/mol. The van der Waals surface area contributed by atoms with Crippen LogP contribution in [0.5, 0.6) is 0 Å². The number of aliphatic hydroxyl groups excluding tert-OH is 1. The number of hydrogen-bond acceptors (Lipinski definition) is 6. The lowest BCUT2D eigenvalue weighted by atomic mass is 10.1. The summed E-state index contributed by atoms with van der Waals surface area (Å²) < 4.78 is 26.0. The Labute approximate surface area is 165 Å². The lowest BCUT2D eigenvalue weighted by Gasteiger charge is -2.19. The van der Waals surface area contributed by atoms with Gasteiger partial charge in [0.25, 0.3) is 0 Å². The summed E-state index contributed by atoms with van der Waals surface area (Å²) in [4.78, 5) is 23.0. The second kappa shape index (κ2) is 10.00. The molecule has 0 spiro atoms. The van der Waals surface area contributed by atoms with Crippen molar-refractivity contribution in [1.82, 2.24) is 14.9 Å². The van der Waals surface area contributed by atoms with Crippen LogP contribution in [0.4, 0.5) is 5.69 Å². The minimum Gasteiger partial charge on any atom is -0.391 e. The molecule has 1 aromatic carbocycles. The van der Waals surface area contributed by atoms with Crippen molar-refractivity contribution >= 4 is 39.9 Å². The average molecular weight is 421 g/mol. The van der Waals surface area contributed by atoms with E-state index in [2.05, 4.69) is 16.0 Å². The summed E-state index contributed by atoms with van der Waals surface area (Å²) in [5.74, 6) is -0.774. The van der Waals surface area contributed by atoms with Gasteiger partial charge in [-0.25, -0.2) is 8.42 Å². The first-order chi connectivity index (χ1) is 12.2. The molecule has 1 aliphatic heterocycles. The highest BCUT2D eigenvalue weighted by Crippen LogP contribution is 2.17. The Kier molecular flexibility index (Phi) is 8.63. The monoisotopic (exact) mass is 420 g/mol. The first kappa shape index (κ1) is 23.3. The number of aliphatic hydroxyl groups is 1. The third kappa shape index (κ3) is 6.43. The third-order valence-corrected chi connectivity index (χ3v) is 5.93. The molecule has 0 radical (unpaired) electrons. The highest BCUT2D eigenvalue weighted by Gasteiger charge is 2.26. The molecule has 0 aliphatic carbocycles. The first-order valence-electron chi connectivity index (χ1n) is 8.19. The van der Waals surface area contributed by atoms with Crippen LogP contribution in [0, 0.1) is 5.92 Å². The van der Waals surface area contributed by atoms with Crippen molar-refractivity contribution in [2.24, 2.45) is 5.92 Å². The van der Waals surface area contributed by atoms with Crippen LogP contribution in [0.25, 0.3) is 0 Å². The Balaban J connectivity index is 0.00000364. The number of β-amino-alcohol motifs (C(OH)–C–C–N with tert-alkyl or cyclic N) is 1. The molecular formula is C16H25ClN4O5S. The summed E-state index contributed by atoms with van der Waals surface area (Å²) in [6, 6.07) is 5.71. The van der Waals surface area contributed by atoms with Crippen molar-refractivity contribution in [3.8, 4) is 0 Å². The number of halogens is 1. The van der Waals surface area contributed by atoms with Crippen molar-refractivity contribution in [2.45, 2.75) is 17.9 Å². The predicted octanol–water partition coefficient (Wildman–Crippen LogP) is -0.616. The number of rotatable bonds is 7. The normalized spacial score (nSPS) is 19.4. The molecule has 0 saturated carbocycles. The van der Waals surface area contributed by atoms with E-state index >= 15 is 0 Å². The van der Waals surface area contributed by atoms with E-state index in [-0.39, 0.29) is 42.2 Å². The fourth-order valence-electron chi connectivity index (χ4n) is 2.61. The number of anilines is 1. The van der Waals surface area contributed by atoms with E-state index in [0.717, 1.165) is 4.31 Å². The van der Waals surface area contributed by atoms with Crippen LogP contribution in [0.3, 0.4) is 0 Å². The highest BCUT2D eigenvalue weighted by atomic mass is 35.5. The van der Waals surface area contributed by atoms with Gasteiger partial charge in [-0.15, -0.1) is 12.4 Å². The Morgan fingerprint density at radius 1 is 1.26 bits per heavy atom. The first-order valence-corrected chi connectivity index (χ1v) is 9.63. The summed E-state index contributed by atoms with van der Waals surface area (Å²) in [5.41, 5.74) is 0.487. The van der Waals surface area contributed by atoms with Gasteiger partial charge in [-0.1, -0.05) is 0 Å². The van der Waals surface area contributed by atoms with Crippen molar-refractivity contribution in [1.29, 1.82) is 0 Å². The van der Waals surface area contributed by atoms with E-state index in [1.54, 1.807) is 0 Å². The molecule has 2 amide bonds. The quantitative estimate of drug-likeness (QED) is 0.465. The Morgan fingerprint density at radius 2 is 1.89 bits per heavy atom. The average Bonchev–Trinajstić information content (AvgIpc) is 2.98. The molecule has 2 atom stereocenters. The summed E-state index contributed by atoms with van der Waals surface area (Å²) in [6.45, 7) is 2.41. The molecule has 1 heterocycles. The van der Waals surface area contributed by atoms with Crippen LogP contribution in [0.1, 0.15) is 6.92 Å². The Morgan fingerprint density at radius 3 is 2.41 bits per heavy atom. The summed E-state index contributed by atoms with van der Waals surface area (Å²) in [7, 11) is -2.51. The van der Waals surface area contributed by atoms with Crippen molar-refractivity contribution in [3.05, 3.63) is 24.3 Å². The molecule has 1 saturated heterocycles.